The first-order chi connectivity index (χ1) is 15.0. The van der Waals surface area contributed by atoms with Gasteiger partial charge in [0.1, 0.15) is 4.70 Å². The number of morpholine rings is 1. The number of amides is 1. The van der Waals surface area contributed by atoms with Crippen molar-refractivity contribution >= 4 is 44.2 Å². The van der Waals surface area contributed by atoms with Crippen molar-refractivity contribution in [3.8, 4) is 11.4 Å². The van der Waals surface area contributed by atoms with Crippen LogP contribution < -0.4 is 15.1 Å². The van der Waals surface area contributed by atoms with Gasteiger partial charge in [-0.2, -0.15) is 0 Å². The van der Waals surface area contributed by atoms with Crippen molar-refractivity contribution < 1.29 is 9.53 Å². The number of quaternary nitrogens is 1. The zero-order valence-electron chi connectivity index (χ0n) is 18.2. The molecule has 1 atom stereocenters. The lowest BCUT2D eigenvalue weighted by molar-refractivity contribution is -0.128. The van der Waals surface area contributed by atoms with Crippen molar-refractivity contribution in [1.82, 2.24) is 24.4 Å². The maximum atomic E-state index is 13.0. The third kappa shape index (κ3) is 4.10. The molecule has 3 aromatic rings. The SMILES string of the molecule is CCCC(=O)[N+](C)(CC)c1cc2nc(-c3cnc(N)nc3)nc(N3CCOCC3)c2s1. The van der Waals surface area contributed by atoms with Gasteiger partial charge in [-0.3, -0.25) is 0 Å². The summed E-state index contributed by atoms with van der Waals surface area (Å²) in [6.45, 7) is 7.58. The molecule has 3 aromatic heterocycles. The molecule has 0 spiro atoms. The number of carbonyl (C=O) groups is 1. The molecular formula is C21H28N7O2S+. The van der Waals surface area contributed by atoms with Crippen LogP contribution in [0.25, 0.3) is 21.6 Å². The molecule has 0 aliphatic carbocycles. The molecule has 1 fully saturated rings. The summed E-state index contributed by atoms with van der Waals surface area (Å²) in [6.07, 6.45) is 4.65. The molecular weight excluding hydrogens is 414 g/mol. The van der Waals surface area contributed by atoms with Crippen molar-refractivity contribution in [3.63, 3.8) is 0 Å². The quantitative estimate of drug-likeness (QED) is 0.581. The van der Waals surface area contributed by atoms with E-state index in [0.29, 0.717) is 37.6 Å². The Hall–Kier alpha value is -2.69. The molecule has 4 heterocycles. The van der Waals surface area contributed by atoms with Gasteiger partial charge in [-0.25, -0.2) is 29.2 Å². The summed E-state index contributed by atoms with van der Waals surface area (Å²) in [5, 5.41) is 0.977. The Labute approximate surface area is 185 Å². The number of hydrogen-bond donors (Lipinski definition) is 1. The number of carbonyl (C=O) groups excluding carboxylic acids is 1. The van der Waals surface area contributed by atoms with Crippen molar-refractivity contribution in [1.29, 1.82) is 0 Å². The lowest BCUT2D eigenvalue weighted by Crippen LogP contribution is -2.49. The first kappa shape index (κ1) is 21.5. The summed E-state index contributed by atoms with van der Waals surface area (Å²) in [5.74, 6) is 1.83. The van der Waals surface area contributed by atoms with Crippen molar-refractivity contribution in [2.24, 2.45) is 0 Å². The number of nitrogens with zero attached hydrogens (tertiary/aromatic N) is 6. The minimum Gasteiger partial charge on any atom is -0.378 e. The topological polar surface area (TPSA) is 107 Å². The first-order valence-electron chi connectivity index (χ1n) is 10.6. The number of thiophene rings is 1. The summed E-state index contributed by atoms with van der Waals surface area (Å²) < 4.78 is 6.78. The van der Waals surface area contributed by atoms with E-state index >= 15 is 0 Å². The summed E-state index contributed by atoms with van der Waals surface area (Å²) in [4.78, 5) is 33.1. The highest BCUT2D eigenvalue weighted by molar-refractivity contribution is 7.23. The number of hydrogen-bond acceptors (Lipinski definition) is 9. The van der Waals surface area contributed by atoms with E-state index in [2.05, 4.69) is 14.9 Å². The minimum absolute atomic E-state index is 0.210. The molecule has 4 rings (SSSR count). The fourth-order valence-corrected chi connectivity index (χ4v) is 4.92. The number of aromatic nitrogens is 4. The fraction of sp³-hybridized carbons (Fsp3) is 0.476. The average molecular weight is 443 g/mol. The van der Waals surface area contributed by atoms with Gasteiger partial charge in [-0.05, 0) is 13.3 Å². The second kappa shape index (κ2) is 8.81. The van der Waals surface area contributed by atoms with Gasteiger partial charge in [0.05, 0.1) is 44.3 Å². The zero-order chi connectivity index (χ0) is 22.0. The number of nitrogens with two attached hydrogens (primary N) is 1. The Balaban J connectivity index is 1.87. The molecule has 0 bridgehead atoms. The molecule has 1 aliphatic heterocycles. The maximum Gasteiger partial charge on any atom is 0.319 e. The van der Waals surface area contributed by atoms with E-state index in [1.807, 2.05) is 27.0 Å². The second-order valence-corrected chi connectivity index (χ2v) is 8.78. The first-order valence-corrected chi connectivity index (χ1v) is 11.4. The molecule has 1 saturated heterocycles. The lowest BCUT2D eigenvalue weighted by Gasteiger charge is -2.28. The number of rotatable bonds is 6. The molecule has 0 saturated carbocycles. The van der Waals surface area contributed by atoms with E-state index in [1.54, 1.807) is 23.7 Å². The summed E-state index contributed by atoms with van der Waals surface area (Å²) in [6, 6.07) is 2.03. The molecule has 0 aromatic carbocycles. The number of anilines is 2. The standard InChI is InChI=1S/C21H28N7O2S/c1-4-6-16(29)28(3,5-2)17-11-15-18(31-17)20(27-7-9-30-10-8-27)26-19(25-15)14-12-23-21(22)24-13-14/h11-13H,4-10H2,1-3H3,(H2,22,23,24)/q+1. The second-order valence-electron chi connectivity index (χ2n) is 7.75. The zero-order valence-corrected chi connectivity index (χ0v) is 19.0. The molecule has 2 N–H and O–H groups in total. The highest BCUT2D eigenvalue weighted by Crippen LogP contribution is 2.40. The van der Waals surface area contributed by atoms with Crippen LogP contribution in [0.15, 0.2) is 18.5 Å². The van der Waals surface area contributed by atoms with Crippen molar-refractivity contribution in [3.05, 3.63) is 18.5 Å². The van der Waals surface area contributed by atoms with Gasteiger partial charge in [-0.15, -0.1) is 0 Å². The Morgan fingerprint density at radius 1 is 1.23 bits per heavy atom. The van der Waals surface area contributed by atoms with E-state index in [9.17, 15) is 4.79 Å². The van der Waals surface area contributed by atoms with Crippen LogP contribution in [0.1, 0.15) is 26.7 Å². The van der Waals surface area contributed by atoms with Gasteiger partial charge in [0.15, 0.2) is 16.6 Å². The van der Waals surface area contributed by atoms with E-state index in [1.165, 1.54) is 0 Å². The van der Waals surface area contributed by atoms with E-state index in [-0.39, 0.29) is 16.3 Å². The molecule has 9 nitrogen and oxygen atoms in total. The molecule has 10 heteroatoms. The predicted molar refractivity (Wildman–Crippen MR) is 124 cm³/mol. The molecule has 31 heavy (non-hydrogen) atoms. The van der Waals surface area contributed by atoms with Crippen LogP contribution in [0.4, 0.5) is 16.8 Å². The number of ether oxygens (including phenoxy) is 1. The Morgan fingerprint density at radius 2 is 1.94 bits per heavy atom. The summed E-state index contributed by atoms with van der Waals surface area (Å²) in [5.41, 5.74) is 7.17. The summed E-state index contributed by atoms with van der Waals surface area (Å²) in [7, 11) is 1.99. The van der Waals surface area contributed by atoms with Gasteiger partial charge >= 0.3 is 5.91 Å². The van der Waals surface area contributed by atoms with Gasteiger partial charge in [0.25, 0.3) is 0 Å². The van der Waals surface area contributed by atoms with Crippen molar-refractivity contribution in [2.75, 3.05) is 50.5 Å². The maximum absolute atomic E-state index is 13.0. The van der Waals surface area contributed by atoms with E-state index in [4.69, 9.17) is 20.4 Å². The monoisotopic (exact) mass is 442 g/mol. The third-order valence-electron chi connectivity index (χ3n) is 5.71. The highest BCUT2D eigenvalue weighted by Gasteiger charge is 2.35. The highest BCUT2D eigenvalue weighted by atomic mass is 32.1. The smallest absolute Gasteiger partial charge is 0.319 e. The number of nitrogen functional groups attached to an aromatic ring is 1. The van der Waals surface area contributed by atoms with Gasteiger partial charge in [0, 0.05) is 31.5 Å². The normalized spacial score (nSPS) is 16.4. The van der Waals surface area contributed by atoms with Gasteiger partial charge in [-0.1, -0.05) is 18.3 Å². The predicted octanol–water partition coefficient (Wildman–Crippen LogP) is 2.85. The molecule has 0 radical (unpaired) electrons. The third-order valence-corrected chi connectivity index (χ3v) is 7.04. The Bertz CT molecular complexity index is 1080. The van der Waals surface area contributed by atoms with Crippen LogP contribution in [0, 0.1) is 0 Å². The van der Waals surface area contributed by atoms with Crippen LogP contribution in [-0.2, 0) is 9.53 Å². The summed E-state index contributed by atoms with van der Waals surface area (Å²) >= 11 is 1.60. The van der Waals surface area contributed by atoms with E-state index in [0.717, 1.165) is 40.5 Å². The Kier molecular flexibility index (Phi) is 6.12. The molecule has 1 amide bonds. The van der Waals surface area contributed by atoms with Crippen molar-refractivity contribution in [2.45, 2.75) is 26.7 Å². The average Bonchev–Trinajstić information content (AvgIpc) is 3.24. The van der Waals surface area contributed by atoms with Crippen LogP contribution in [0.3, 0.4) is 0 Å². The van der Waals surface area contributed by atoms with E-state index < -0.39 is 0 Å². The van der Waals surface area contributed by atoms with Gasteiger partial charge in [0.2, 0.25) is 5.95 Å². The minimum atomic E-state index is 0.210. The molecule has 164 valence electrons. The molecule has 1 aliphatic rings. The van der Waals surface area contributed by atoms with Crippen LogP contribution >= 0.6 is 11.3 Å². The van der Waals surface area contributed by atoms with Gasteiger partial charge < -0.3 is 15.4 Å². The largest absolute Gasteiger partial charge is 0.378 e. The molecule has 1 unspecified atom stereocenters. The van der Waals surface area contributed by atoms with Crippen LogP contribution in [-0.4, -0.2) is 65.7 Å². The van der Waals surface area contributed by atoms with Crippen LogP contribution in [0.5, 0.6) is 0 Å². The number of fused-ring (bicyclic) bond motifs is 1. The fourth-order valence-electron chi connectivity index (χ4n) is 3.63. The lowest BCUT2D eigenvalue weighted by atomic mass is 10.2. The van der Waals surface area contributed by atoms with Crippen LogP contribution in [0.2, 0.25) is 0 Å². The Morgan fingerprint density at radius 3 is 2.58 bits per heavy atom.